The van der Waals surface area contributed by atoms with Crippen molar-refractivity contribution in [1.29, 1.82) is 0 Å². The lowest BCUT2D eigenvalue weighted by atomic mass is 10.1. The van der Waals surface area contributed by atoms with Crippen LogP contribution in [0.25, 0.3) is 0 Å². The van der Waals surface area contributed by atoms with Crippen LogP contribution in [0.3, 0.4) is 0 Å². The Morgan fingerprint density at radius 1 is 1.00 bits per heavy atom. The molecular weight excluding hydrogens is 376 g/mol. The number of hydrogen-bond acceptors (Lipinski definition) is 4. The monoisotopic (exact) mass is 400 g/mol. The smallest absolute Gasteiger partial charge is 0.270 e. The lowest BCUT2D eigenvalue weighted by Gasteiger charge is -2.35. The van der Waals surface area contributed by atoms with Crippen LogP contribution in [0.15, 0.2) is 36.5 Å². The van der Waals surface area contributed by atoms with Crippen LogP contribution in [-0.2, 0) is 0 Å². The van der Waals surface area contributed by atoms with Crippen molar-refractivity contribution in [1.82, 2.24) is 14.8 Å². The van der Waals surface area contributed by atoms with E-state index in [0.717, 1.165) is 62.8 Å². The number of benzene rings is 1. The van der Waals surface area contributed by atoms with Crippen molar-refractivity contribution in [3.8, 4) is 0 Å². The number of carbonyl (C=O) groups excluding carboxylic acids is 2. The van der Waals surface area contributed by atoms with Gasteiger partial charge in [0.1, 0.15) is 5.69 Å². The van der Waals surface area contributed by atoms with E-state index >= 15 is 0 Å². The second-order valence-corrected chi connectivity index (χ2v) is 7.90. The summed E-state index contributed by atoms with van der Waals surface area (Å²) in [6.45, 7) is 5.35. The molecule has 1 aromatic carbocycles. The molecule has 2 fully saturated rings. The zero-order valence-corrected chi connectivity index (χ0v) is 16.6. The number of piperazine rings is 1. The fraction of sp³-hybridized carbons (Fsp3) is 0.429. The maximum Gasteiger partial charge on any atom is 0.270 e. The van der Waals surface area contributed by atoms with Gasteiger partial charge in [-0.25, -0.2) is 0 Å². The quantitative estimate of drug-likeness (QED) is 0.784. The van der Waals surface area contributed by atoms with E-state index in [1.807, 2.05) is 23.1 Å². The molecule has 0 unspecified atom stereocenters. The number of aromatic nitrogens is 1. The van der Waals surface area contributed by atoms with Crippen LogP contribution in [0, 0.1) is 0 Å². The van der Waals surface area contributed by atoms with Gasteiger partial charge in [0.15, 0.2) is 5.78 Å². The van der Waals surface area contributed by atoms with E-state index in [1.54, 1.807) is 12.3 Å². The summed E-state index contributed by atoms with van der Waals surface area (Å²) in [4.78, 5) is 34.4. The van der Waals surface area contributed by atoms with Crippen molar-refractivity contribution in [2.75, 3.05) is 50.7 Å². The third-order valence-electron chi connectivity index (χ3n) is 5.54. The van der Waals surface area contributed by atoms with Crippen molar-refractivity contribution >= 4 is 29.0 Å². The Morgan fingerprint density at radius 2 is 1.75 bits per heavy atom. The number of likely N-dealkylation sites (tertiary alicyclic amines) is 1. The number of rotatable bonds is 5. The molecule has 0 saturated carbocycles. The molecule has 148 valence electrons. The first-order chi connectivity index (χ1) is 13.6. The van der Waals surface area contributed by atoms with Gasteiger partial charge in [-0.2, -0.15) is 0 Å². The number of nitrogens with zero attached hydrogens (tertiary/aromatic N) is 3. The lowest BCUT2D eigenvalue weighted by molar-refractivity contribution is 0.0787. The number of aromatic amines is 1. The van der Waals surface area contributed by atoms with Crippen LogP contribution in [-0.4, -0.2) is 72.3 Å². The molecule has 0 spiro atoms. The summed E-state index contributed by atoms with van der Waals surface area (Å²) in [7, 11) is 0. The van der Waals surface area contributed by atoms with Gasteiger partial charge in [0, 0.05) is 61.7 Å². The molecule has 1 N–H and O–H groups in total. The van der Waals surface area contributed by atoms with Gasteiger partial charge in [-0.15, -0.1) is 0 Å². The van der Waals surface area contributed by atoms with Gasteiger partial charge < -0.3 is 14.8 Å². The number of hydrogen-bond donors (Lipinski definition) is 1. The van der Waals surface area contributed by atoms with Gasteiger partial charge >= 0.3 is 0 Å². The fourth-order valence-corrected chi connectivity index (χ4v) is 4.09. The van der Waals surface area contributed by atoms with Crippen LogP contribution in [0.1, 0.15) is 33.7 Å². The van der Waals surface area contributed by atoms with Gasteiger partial charge in [0.05, 0.1) is 6.54 Å². The molecule has 28 heavy (non-hydrogen) atoms. The fourth-order valence-electron chi connectivity index (χ4n) is 3.90. The first kappa shape index (κ1) is 19.0. The van der Waals surface area contributed by atoms with Crippen LogP contribution in [0.2, 0.25) is 5.02 Å². The number of nitrogens with one attached hydrogen (secondary N) is 1. The second-order valence-electron chi connectivity index (χ2n) is 7.47. The summed E-state index contributed by atoms with van der Waals surface area (Å²) in [5, 5.41) is 0.738. The van der Waals surface area contributed by atoms with Crippen LogP contribution in [0.4, 0.5) is 5.69 Å². The number of carbonyl (C=O) groups is 2. The predicted molar refractivity (Wildman–Crippen MR) is 110 cm³/mol. The van der Waals surface area contributed by atoms with Crippen molar-refractivity contribution in [3.05, 3.63) is 52.8 Å². The number of Topliss-reactive ketones (excluding diaryl/α,β-unsaturated/α-hetero) is 1. The summed E-state index contributed by atoms with van der Waals surface area (Å²) in [6, 6.07) is 9.57. The molecule has 1 aromatic heterocycles. The first-order valence-electron chi connectivity index (χ1n) is 9.84. The van der Waals surface area contributed by atoms with Gasteiger partial charge in [0.2, 0.25) is 0 Å². The van der Waals surface area contributed by atoms with Gasteiger partial charge in [0.25, 0.3) is 5.91 Å². The van der Waals surface area contributed by atoms with Crippen LogP contribution >= 0.6 is 11.6 Å². The molecule has 3 heterocycles. The highest BCUT2D eigenvalue weighted by Crippen LogP contribution is 2.21. The molecule has 2 saturated heterocycles. The van der Waals surface area contributed by atoms with E-state index in [0.29, 0.717) is 17.8 Å². The third-order valence-corrected chi connectivity index (χ3v) is 5.78. The minimum atomic E-state index is -0.00770. The maximum atomic E-state index is 12.6. The molecule has 2 aliphatic heterocycles. The molecule has 4 rings (SSSR count). The van der Waals surface area contributed by atoms with Gasteiger partial charge in [-0.1, -0.05) is 17.7 Å². The maximum absolute atomic E-state index is 12.6. The Labute approximate surface area is 170 Å². The molecule has 0 radical (unpaired) electrons. The Kier molecular flexibility index (Phi) is 5.69. The van der Waals surface area contributed by atoms with E-state index in [2.05, 4.69) is 20.9 Å². The molecule has 2 aliphatic rings. The summed E-state index contributed by atoms with van der Waals surface area (Å²) in [6.07, 6.45) is 3.77. The van der Waals surface area contributed by atoms with Crippen molar-refractivity contribution < 1.29 is 9.59 Å². The largest absolute Gasteiger partial charge is 0.369 e. The topological polar surface area (TPSA) is 59.7 Å². The van der Waals surface area contributed by atoms with E-state index in [9.17, 15) is 9.59 Å². The van der Waals surface area contributed by atoms with Gasteiger partial charge in [-0.3, -0.25) is 14.5 Å². The Bertz CT molecular complexity index is 852. The highest BCUT2D eigenvalue weighted by Gasteiger charge is 2.23. The third kappa shape index (κ3) is 4.23. The van der Waals surface area contributed by atoms with Crippen molar-refractivity contribution in [3.63, 3.8) is 0 Å². The van der Waals surface area contributed by atoms with E-state index in [4.69, 9.17) is 11.6 Å². The molecule has 6 nitrogen and oxygen atoms in total. The molecule has 0 atom stereocenters. The van der Waals surface area contributed by atoms with E-state index in [-0.39, 0.29) is 11.7 Å². The average Bonchev–Trinajstić information content (AvgIpc) is 3.40. The SMILES string of the molecule is O=C(CN1CCN(c2cccc(Cl)c2)CC1)c1c[nH]c(C(=O)N2CCCC2)c1. The minimum Gasteiger partial charge on any atom is -0.369 e. The number of H-pyrrole nitrogens is 1. The Hall–Kier alpha value is -2.31. The molecule has 0 bridgehead atoms. The Balaban J connectivity index is 1.30. The van der Waals surface area contributed by atoms with Crippen LogP contribution < -0.4 is 4.90 Å². The highest BCUT2D eigenvalue weighted by atomic mass is 35.5. The summed E-state index contributed by atoms with van der Waals surface area (Å²) < 4.78 is 0. The van der Waals surface area contributed by atoms with E-state index in [1.165, 1.54) is 0 Å². The van der Waals surface area contributed by atoms with Gasteiger partial charge in [-0.05, 0) is 37.1 Å². The lowest BCUT2D eigenvalue weighted by Crippen LogP contribution is -2.48. The zero-order valence-electron chi connectivity index (χ0n) is 15.9. The minimum absolute atomic E-state index is 0.00770. The number of amides is 1. The predicted octanol–water partition coefficient (Wildman–Crippen LogP) is 2.91. The molecule has 0 aliphatic carbocycles. The summed E-state index contributed by atoms with van der Waals surface area (Å²) in [5.74, 6) is 0.0413. The standard InChI is InChI=1S/C21H25ClN4O2/c22-17-4-3-5-18(13-17)25-10-8-24(9-11-25)15-20(27)16-12-19(23-14-16)21(28)26-6-1-2-7-26/h3-5,12-14,23H,1-2,6-11,15H2. The number of ketones is 1. The summed E-state index contributed by atoms with van der Waals surface area (Å²) in [5.41, 5.74) is 2.21. The molecule has 1 amide bonds. The van der Waals surface area contributed by atoms with Crippen LogP contribution in [0.5, 0.6) is 0 Å². The molecule has 7 heteroatoms. The second kappa shape index (κ2) is 8.37. The number of halogens is 1. The molecule has 2 aromatic rings. The zero-order chi connectivity index (χ0) is 19.5. The normalized spacial score (nSPS) is 17.9. The summed E-state index contributed by atoms with van der Waals surface area (Å²) >= 11 is 6.08. The Morgan fingerprint density at radius 3 is 2.46 bits per heavy atom. The first-order valence-corrected chi connectivity index (χ1v) is 10.2. The molecular formula is C21H25ClN4O2. The van der Waals surface area contributed by atoms with Crippen molar-refractivity contribution in [2.24, 2.45) is 0 Å². The van der Waals surface area contributed by atoms with Crippen molar-refractivity contribution in [2.45, 2.75) is 12.8 Å². The number of anilines is 1. The highest BCUT2D eigenvalue weighted by molar-refractivity contribution is 6.30. The average molecular weight is 401 g/mol. The van der Waals surface area contributed by atoms with E-state index < -0.39 is 0 Å².